The van der Waals surface area contributed by atoms with Gasteiger partial charge in [0.2, 0.25) is 5.13 Å². The van der Waals surface area contributed by atoms with Crippen molar-refractivity contribution in [1.29, 1.82) is 0 Å². The zero-order valence-electron chi connectivity index (χ0n) is 14.1. The molecule has 0 aliphatic rings. The average molecular weight is 345 g/mol. The summed E-state index contributed by atoms with van der Waals surface area (Å²) in [7, 11) is 0. The van der Waals surface area contributed by atoms with E-state index in [1.807, 2.05) is 13.8 Å². The van der Waals surface area contributed by atoms with Crippen molar-refractivity contribution in [3.8, 4) is 0 Å². The van der Waals surface area contributed by atoms with Crippen LogP contribution < -0.4 is 5.32 Å². The van der Waals surface area contributed by atoms with Crippen LogP contribution in [0.5, 0.6) is 0 Å². The molecule has 0 atom stereocenters. The summed E-state index contributed by atoms with van der Waals surface area (Å²) in [5, 5.41) is 16.9. The van der Waals surface area contributed by atoms with E-state index in [0.717, 1.165) is 23.5 Å². The summed E-state index contributed by atoms with van der Waals surface area (Å²) in [6.45, 7) is 7.90. The molecule has 8 heteroatoms. The van der Waals surface area contributed by atoms with Crippen LogP contribution in [-0.4, -0.2) is 26.2 Å². The predicted octanol–water partition coefficient (Wildman–Crippen LogP) is 3.71. The molecule has 3 aromatic heterocycles. The van der Waals surface area contributed by atoms with Crippen LogP contribution in [0.3, 0.4) is 0 Å². The van der Waals surface area contributed by atoms with E-state index in [4.69, 9.17) is 4.52 Å². The van der Waals surface area contributed by atoms with E-state index in [-0.39, 0.29) is 11.8 Å². The van der Waals surface area contributed by atoms with Crippen molar-refractivity contribution in [2.45, 2.75) is 46.5 Å². The van der Waals surface area contributed by atoms with Gasteiger partial charge in [-0.05, 0) is 25.3 Å². The second-order valence-electron chi connectivity index (χ2n) is 5.90. The number of carbonyl (C=O) groups excluding carboxylic acids is 1. The molecular weight excluding hydrogens is 326 g/mol. The number of aryl methyl sites for hydroxylation is 2. The Kier molecular flexibility index (Phi) is 4.57. The number of anilines is 1. The molecule has 0 radical (unpaired) electrons. The van der Waals surface area contributed by atoms with Gasteiger partial charge in [0.05, 0.1) is 16.6 Å². The molecule has 0 saturated heterocycles. The highest BCUT2D eigenvalue weighted by Gasteiger charge is 2.20. The predicted molar refractivity (Wildman–Crippen MR) is 92.5 cm³/mol. The third-order valence-electron chi connectivity index (χ3n) is 3.62. The molecule has 7 nitrogen and oxygen atoms in total. The summed E-state index contributed by atoms with van der Waals surface area (Å²) in [6.07, 6.45) is 1.85. The molecule has 3 aromatic rings. The van der Waals surface area contributed by atoms with Crippen molar-refractivity contribution in [3.63, 3.8) is 0 Å². The van der Waals surface area contributed by atoms with E-state index >= 15 is 0 Å². The first kappa shape index (κ1) is 16.5. The first-order chi connectivity index (χ1) is 11.5. The van der Waals surface area contributed by atoms with Crippen molar-refractivity contribution in [3.05, 3.63) is 28.0 Å². The topological polar surface area (TPSA) is 93.8 Å². The lowest BCUT2D eigenvalue weighted by Gasteiger charge is -2.08. The summed E-state index contributed by atoms with van der Waals surface area (Å²) >= 11 is 1.39. The summed E-state index contributed by atoms with van der Waals surface area (Å²) < 4.78 is 5.25. The van der Waals surface area contributed by atoms with Gasteiger partial charge in [0.1, 0.15) is 5.01 Å². The Balaban J connectivity index is 1.97. The van der Waals surface area contributed by atoms with Crippen LogP contribution in [-0.2, 0) is 6.42 Å². The van der Waals surface area contributed by atoms with E-state index < -0.39 is 0 Å². The van der Waals surface area contributed by atoms with Gasteiger partial charge in [-0.1, -0.05) is 37.3 Å². The quantitative estimate of drug-likeness (QED) is 0.757. The lowest BCUT2D eigenvalue weighted by molar-refractivity contribution is 0.102. The number of nitrogens with one attached hydrogen (secondary N) is 1. The van der Waals surface area contributed by atoms with E-state index in [1.54, 1.807) is 13.0 Å². The van der Waals surface area contributed by atoms with Crippen LogP contribution in [0.4, 0.5) is 5.13 Å². The van der Waals surface area contributed by atoms with Gasteiger partial charge in [-0.2, -0.15) is 0 Å². The van der Waals surface area contributed by atoms with Crippen molar-refractivity contribution >= 4 is 33.5 Å². The molecule has 0 aliphatic carbocycles. The zero-order valence-corrected chi connectivity index (χ0v) is 14.9. The number of amides is 1. The second-order valence-corrected chi connectivity index (χ2v) is 6.96. The number of hydrogen-bond acceptors (Lipinski definition) is 7. The number of nitrogens with zero attached hydrogens (tertiary/aromatic N) is 4. The minimum atomic E-state index is -0.255. The van der Waals surface area contributed by atoms with Crippen LogP contribution in [0.25, 0.3) is 11.1 Å². The van der Waals surface area contributed by atoms with Gasteiger partial charge in [0, 0.05) is 12.1 Å². The monoisotopic (exact) mass is 345 g/mol. The Morgan fingerprint density at radius 2 is 2.17 bits per heavy atom. The lowest BCUT2D eigenvalue weighted by Crippen LogP contribution is -2.13. The van der Waals surface area contributed by atoms with Gasteiger partial charge < -0.3 is 4.52 Å². The number of carbonyl (C=O) groups is 1. The van der Waals surface area contributed by atoms with Gasteiger partial charge in [-0.3, -0.25) is 10.1 Å². The third kappa shape index (κ3) is 3.14. The van der Waals surface area contributed by atoms with E-state index in [0.29, 0.717) is 27.5 Å². The average Bonchev–Trinajstić information content (AvgIpc) is 3.14. The molecule has 0 saturated carbocycles. The van der Waals surface area contributed by atoms with E-state index in [1.165, 1.54) is 11.3 Å². The molecule has 0 fully saturated rings. The van der Waals surface area contributed by atoms with Gasteiger partial charge in [-0.25, -0.2) is 4.98 Å². The molecule has 3 heterocycles. The summed E-state index contributed by atoms with van der Waals surface area (Å²) in [5.74, 6) is -0.0844. The molecule has 24 heavy (non-hydrogen) atoms. The molecule has 126 valence electrons. The summed E-state index contributed by atoms with van der Waals surface area (Å²) in [6, 6.07) is 1.79. The first-order valence-corrected chi connectivity index (χ1v) is 8.71. The lowest BCUT2D eigenvalue weighted by atomic mass is 10.0. The largest absolute Gasteiger partial charge is 0.336 e. The molecule has 0 bridgehead atoms. The molecule has 1 amide bonds. The molecule has 0 aliphatic heterocycles. The Labute approximate surface area is 143 Å². The minimum Gasteiger partial charge on any atom is -0.336 e. The Hall–Kier alpha value is -2.35. The number of fused-ring (bicyclic) bond motifs is 1. The molecular formula is C16H19N5O2S. The van der Waals surface area contributed by atoms with E-state index in [9.17, 15) is 4.79 Å². The van der Waals surface area contributed by atoms with Crippen LogP contribution in [0.15, 0.2) is 10.6 Å². The Bertz CT molecular complexity index is 884. The minimum absolute atomic E-state index is 0.170. The molecule has 0 spiro atoms. The smallest absolute Gasteiger partial charge is 0.259 e. The highest BCUT2D eigenvalue weighted by Crippen LogP contribution is 2.26. The van der Waals surface area contributed by atoms with E-state index in [2.05, 4.69) is 32.6 Å². The van der Waals surface area contributed by atoms with Crippen molar-refractivity contribution in [2.75, 3.05) is 5.32 Å². The zero-order chi connectivity index (χ0) is 17.3. The highest BCUT2D eigenvalue weighted by molar-refractivity contribution is 7.15. The molecule has 1 N–H and O–H groups in total. The van der Waals surface area contributed by atoms with Crippen molar-refractivity contribution < 1.29 is 9.32 Å². The molecule has 3 rings (SSSR count). The summed E-state index contributed by atoms with van der Waals surface area (Å²) in [4.78, 5) is 17.2. The fraction of sp³-hybridized carbons (Fsp3) is 0.438. The Morgan fingerprint density at radius 3 is 2.88 bits per heavy atom. The van der Waals surface area contributed by atoms with Crippen molar-refractivity contribution in [1.82, 2.24) is 20.3 Å². The SMILES string of the molecule is CCCc1nnc(NC(=O)c2cc(C(C)C)nc3onc(C)c23)s1. The first-order valence-electron chi connectivity index (χ1n) is 7.90. The van der Waals surface area contributed by atoms with Gasteiger partial charge in [-0.15, -0.1) is 10.2 Å². The third-order valence-corrected chi connectivity index (χ3v) is 4.52. The van der Waals surface area contributed by atoms with Crippen LogP contribution in [0.2, 0.25) is 0 Å². The van der Waals surface area contributed by atoms with Crippen LogP contribution in [0, 0.1) is 6.92 Å². The standard InChI is InChI=1S/C16H19N5O2S/c1-5-6-12-19-20-16(24-12)18-14(22)10-7-11(8(2)3)17-15-13(10)9(4)21-23-15/h7-8H,5-6H2,1-4H3,(H,18,20,22). The molecule has 0 aromatic carbocycles. The van der Waals surface area contributed by atoms with Crippen LogP contribution in [0.1, 0.15) is 59.9 Å². The van der Waals surface area contributed by atoms with Gasteiger partial charge >= 0.3 is 0 Å². The fourth-order valence-corrected chi connectivity index (χ4v) is 3.21. The van der Waals surface area contributed by atoms with Gasteiger partial charge in [0.25, 0.3) is 11.6 Å². The van der Waals surface area contributed by atoms with Crippen molar-refractivity contribution in [2.24, 2.45) is 0 Å². The summed E-state index contributed by atoms with van der Waals surface area (Å²) in [5.41, 5.74) is 2.30. The van der Waals surface area contributed by atoms with Gasteiger partial charge in [0.15, 0.2) is 0 Å². The highest BCUT2D eigenvalue weighted by atomic mass is 32.1. The maximum atomic E-state index is 12.8. The number of pyridine rings is 1. The molecule has 0 unspecified atom stereocenters. The maximum absolute atomic E-state index is 12.8. The maximum Gasteiger partial charge on any atom is 0.259 e. The van der Waals surface area contributed by atoms with Crippen LogP contribution >= 0.6 is 11.3 Å². The number of hydrogen-bond donors (Lipinski definition) is 1. The number of aromatic nitrogens is 4. The normalized spacial score (nSPS) is 11.4. The number of rotatable bonds is 5. The fourth-order valence-electron chi connectivity index (χ4n) is 2.37. The Morgan fingerprint density at radius 1 is 1.38 bits per heavy atom. The second kappa shape index (κ2) is 6.64.